The molecule has 1 aromatic heterocycles. The van der Waals surface area contributed by atoms with Crippen LogP contribution in [0.15, 0.2) is 52.5 Å². The molecule has 0 amide bonds. The second-order valence-corrected chi connectivity index (χ2v) is 8.96. The van der Waals surface area contributed by atoms with Gasteiger partial charge in [0, 0.05) is 43.5 Å². The first-order chi connectivity index (χ1) is 13.8. The van der Waals surface area contributed by atoms with Crippen molar-refractivity contribution < 1.29 is 12.8 Å². The Labute approximate surface area is 193 Å². The molecule has 0 saturated heterocycles. The SMILES string of the molecule is CN=C(NCCc1c[nH]c2cc(F)ccc12)NCc1ccc(S(C)(=O)=O)c(C)c1.I. The number of nitrogens with one attached hydrogen (secondary N) is 3. The lowest BCUT2D eigenvalue weighted by Gasteiger charge is -2.13. The van der Waals surface area contributed by atoms with E-state index in [1.165, 1.54) is 18.4 Å². The van der Waals surface area contributed by atoms with Gasteiger partial charge in [-0.15, -0.1) is 24.0 Å². The van der Waals surface area contributed by atoms with Crippen LogP contribution in [0.4, 0.5) is 4.39 Å². The standard InChI is InChI=1S/C21H25FN4O2S.HI/c1-14-10-15(4-7-20(14)29(3,27)28)12-26-21(23-2)24-9-8-16-13-25-19-11-17(22)5-6-18(16)19;/h4-7,10-11,13,25H,8-9,12H2,1-3H3,(H2,23,24,26);1H. The molecule has 0 fully saturated rings. The number of aliphatic imine (C=N–C) groups is 1. The molecule has 3 rings (SSSR count). The monoisotopic (exact) mass is 544 g/mol. The number of halogens is 2. The summed E-state index contributed by atoms with van der Waals surface area (Å²) in [7, 11) is -1.52. The van der Waals surface area contributed by atoms with E-state index >= 15 is 0 Å². The fourth-order valence-electron chi connectivity index (χ4n) is 3.32. The first-order valence-corrected chi connectivity index (χ1v) is 11.2. The topological polar surface area (TPSA) is 86.3 Å². The van der Waals surface area contributed by atoms with Crippen molar-refractivity contribution in [3.8, 4) is 0 Å². The first-order valence-electron chi connectivity index (χ1n) is 9.27. The molecule has 0 spiro atoms. The van der Waals surface area contributed by atoms with Crippen LogP contribution >= 0.6 is 24.0 Å². The van der Waals surface area contributed by atoms with Crippen molar-refractivity contribution >= 4 is 50.7 Å². The Balaban J connectivity index is 0.00000320. The molecule has 0 bridgehead atoms. The molecule has 0 unspecified atom stereocenters. The highest BCUT2D eigenvalue weighted by molar-refractivity contribution is 14.0. The number of fused-ring (bicyclic) bond motifs is 1. The predicted octanol–water partition coefficient (Wildman–Crippen LogP) is 3.54. The molecule has 0 aliphatic carbocycles. The summed E-state index contributed by atoms with van der Waals surface area (Å²) in [6, 6.07) is 10.0. The van der Waals surface area contributed by atoms with Gasteiger partial charge >= 0.3 is 0 Å². The quantitative estimate of drug-likeness (QED) is 0.252. The zero-order valence-corrected chi connectivity index (χ0v) is 20.3. The number of guanidine groups is 1. The summed E-state index contributed by atoms with van der Waals surface area (Å²) in [5.74, 6) is 0.397. The van der Waals surface area contributed by atoms with Crippen LogP contribution in [0, 0.1) is 12.7 Å². The average molecular weight is 544 g/mol. The van der Waals surface area contributed by atoms with E-state index in [9.17, 15) is 12.8 Å². The minimum atomic E-state index is -3.22. The van der Waals surface area contributed by atoms with Crippen LogP contribution in [-0.4, -0.2) is 39.2 Å². The van der Waals surface area contributed by atoms with E-state index in [2.05, 4.69) is 20.6 Å². The van der Waals surface area contributed by atoms with Gasteiger partial charge in [-0.25, -0.2) is 12.8 Å². The molecule has 2 aromatic carbocycles. The van der Waals surface area contributed by atoms with E-state index in [0.717, 1.165) is 34.0 Å². The number of nitrogens with zero attached hydrogens (tertiary/aromatic N) is 1. The summed E-state index contributed by atoms with van der Waals surface area (Å²) < 4.78 is 36.7. The van der Waals surface area contributed by atoms with E-state index < -0.39 is 9.84 Å². The van der Waals surface area contributed by atoms with Gasteiger partial charge in [0.1, 0.15) is 5.82 Å². The van der Waals surface area contributed by atoms with Crippen molar-refractivity contribution in [1.82, 2.24) is 15.6 Å². The van der Waals surface area contributed by atoms with Gasteiger partial charge < -0.3 is 15.6 Å². The summed E-state index contributed by atoms with van der Waals surface area (Å²) in [4.78, 5) is 7.66. The van der Waals surface area contributed by atoms with Crippen LogP contribution in [-0.2, 0) is 22.8 Å². The summed E-state index contributed by atoms with van der Waals surface area (Å²) in [6.45, 7) is 2.98. The van der Waals surface area contributed by atoms with Crippen molar-refractivity contribution in [1.29, 1.82) is 0 Å². The Bertz CT molecular complexity index is 1160. The maximum Gasteiger partial charge on any atom is 0.191 e. The fraction of sp³-hybridized carbons (Fsp3) is 0.286. The zero-order valence-electron chi connectivity index (χ0n) is 17.1. The number of rotatable bonds is 6. The number of aryl methyl sites for hydroxylation is 1. The Morgan fingerprint density at radius 1 is 1.17 bits per heavy atom. The summed E-state index contributed by atoms with van der Waals surface area (Å²) in [5, 5.41) is 7.50. The maximum absolute atomic E-state index is 13.3. The zero-order chi connectivity index (χ0) is 21.0. The van der Waals surface area contributed by atoms with Gasteiger partial charge in [0.15, 0.2) is 15.8 Å². The van der Waals surface area contributed by atoms with Gasteiger partial charge in [0.25, 0.3) is 0 Å². The van der Waals surface area contributed by atoms with Crippen molar-refractivity contribution in [3.63, 3.8) is 0 Å². The van der Waals surface area contributed by atoms with E-state index in [0.29, 0.717) is 23.9 Å². The molecular formula is C21H26FIN4O2S. The van der Waals surface area contributed by atoms with Gasteiger partial charge in [0.2, 0.25) is 0 Å². The van der Waals surface area contributed by atoms with Crippen molar-refractivity contribution in [2.75, 3.05) is 19.8 Å². The Morgan fingerprint density at radius 3 is 2.60 bits per heavy atom. The highest BCUT2D eigenvalue weighted by Crippen LogP contribution is 2.19. The van der Waals surface area contributed by atoms with Crippen LogP contribution in [0.2, 0.25) is 0 Å². The summed E-state index contributed by atoms with van der Waals surface area (Å²) >= 11 is 0. The largest absolute Gasteiger partial charge is 0.361 e. The van der Waals surface area contributed by atoms with Crippen LogP contribution in [0.5, 0.6) is 0 Å². The molecule has 0 aliphatic heterocycles. The fourth-order valence-corrected chi connectivity index (χ4v) is 4.28. The van der Waals surface area contributed by atoms with Gasteiger partial charge in [-0.3, -0.25) is 4.99 Å². The first kappa shape index (κ1) is 24.1. The number of hydrogen-bond donors (Lipinski definition) is 3. The predicted molar refractivity (Wildman–Crippen MR) is 130 cm³/mol. The Morgan fingerprint density at radius 2 is 1.93 bits per heavy atom. The number of aromatic amines is 1. The lowest BCUT2D eigenvalue weighted by atomic mass is 10.1. The molecule has 9 heteroatoms. The molecule has 6 nitrogen and oxygen atoms in total. The molecule has 0 atom stereocenters. The number of sulfone groups is 1. The summed E-state index contributed by atoms with van der Waals surface area (Å²) in [6.07, 6.45) is 3.87. The Hall–Kier alpha value is -2.14. The molecule has 1 heterocycles. The smallest absolute Gasteiger partial charge is 0.191 e. The van der Waals surface area contributed by atoms with Crippen molar-refractivity contribution in [2.45, 2.75) is 24.8 Å². The van der Waals surface area contributed by atoms with Crippen molar-refractivity contribution in [2.24, 2.45) is 4.99 Å². The summed E-state index contributed by atoms with van der Waals surface area (Å²) in [5.41, 5.74) is 3.59. The molecular weight excluding hydrogens is 518 g/mol. The third-order valence-corrected chi connectivity index (χ3v) is 6.00. The van der Waals surface area contributed by atoms with E-state index in [1.54, 1.807) is 32.2 Å². The van der Waals surface area contributed by atoms with E-state index in [4.69, 9.17) is 0 Å². The molecule has 3 N–H and O–H groups in total. The van der Waals surface area contributed by atoms with Gasteiger partial charge in [-0.2, -0.15) is 0 Å². The van der Waals surface area contributed by atoms with Crippen LogP contribution in [0.3, 0.4) is 0 Å². The van der Waals surface area contributed by atoms with E-state index in [-0.39, 0.29) is 29.8 Å². The minimum absolute atomic E-state index is 0. The number of hydrogen-bond acceptors (Lipinski definition) is 3. The van der Waals surface area contributed by atoms with E-state index in [1.807, 2.05) is 12.3 Å². The molecule has 30 heavy (non-hydrogen) atoms. The number of aromatic nitrogens is 1. The molecule has 3 aromatic rings. The highest BCUT2D eigenvalue weighted by atomic mass is 127. The normalized spacial score (nSPS) is 11.9. The van der Waals surface area contributed by atoms with Crippen LogP contribution < -0.4 is 10.6 Å². The molecule has 162 valence electrons. The Kier molecular flexibility index (Phi) is 8.25. The average Bonchev–Trinajstić information content (AvgIpc) is 3.05. The third-order valence-electron chi connectivity index (χ3n) is 4.74. The maximum atomic E-state index is 13.3. The van der Waals surface area contributed by atoms with Gasteiger partial charge in [-0.05, 0) is 54.3 Å². The number of H-pyrrole nitrogens is 1. The molecule has 0 radical (unpaired) electrons. The second kappa shape index (κ2) is 10.3. The second-order valence-electron chi connectivity index (χ2n) is 6.98. The molecule has 0 aliphatic rings. The number of benzene rings is 2. The highest BCUT2D eigenvalue weighted by Gasteiger charge is 2.11. The van der Waals surface area contributed by atoms with Crippen LogP contribution in [0.1, 0.15) is 16.7 Å². The lowest BCUT2D eigenvalue weighted by Crippen LogP contribution is -2.37. The van der Waals surface area contributed by atoms with Crippen LogP contribution in [0.25, 0.3) is 10.9 Å². The van der Waals surface area contributed by atoms with Gasteiger partial charge in [0.05, 0.1) is 4.90 Å². The molecule has 0 saturated carbocycles. The third kappa shape index (κ3) is 5.94. The minimum Gasteiger partial charge on any atom is -0.361 e. The van der Waals surface area contributed by atoms with Gasteiger partial charge in [-0.1, -0.05) is 12.1 Å². The lowest BCUT2D eigenvalue weighted by molar-refractivity contribution is 0.601. The van der Waals surface area contributed by atoms with Crippen molar-refractivity contribution in [3.05, 3.63) is 65.1 Å².